The Morgan fingerprint density at radius 2 is 1.52 bits per heavy atom. The monoisotopic (exact) mass is 422 g/mol. The summed E-state index contributed by atoms with van der Waals surface area (Å²) in [5.74, 6) is 0.220. The third kappa shape index (κ3) is 7.60. The number of nitrogens with one attached hydrogen (secondary N) is 1. The van der Waals surface area contributed by atoms with E-state index in [1.807, 2.05) is 12.1 Å². The van der Waals surface area contributed by atoms with Crippen LogP contribution in [0, 0.1) is 5.92 Å². The van der Waals surface area contributed by atoms with Crippen molar-refractivity contribution in [3.63, 3.8) is 0 Å². The average molecular weight is 423 g/mol. The van der Waals surface area contributed by atoms with Crippen LogP contribution in [0.3, 0.4) is 0 Å². The quantitative estimate of drug-likeness (QED) is 0.348. The Bertz CT molecular complexity index is 855. The summed E-state index contributed by atoms with van der Waals surface area (Å²) in [5, 5.41) is 8.60. The molecular weight excluding hydrogens is 388 g/mol. The molecule has 2 N–H and O–H groups in total. The van der Waals surface area contributed by atoms with Crippen LogP contribution in [0.2, 0.25) is 0 Å². The van der Waals surface area contributed by atoms with E-state index in [1.165, 1.54) is 11.1 Å². The Morgan fingerprint density at radius 1 is 0.903 bits per heavy atom. The summed E-state index contributed by atoms with van der Waals surface area (Å²) in [5.41, 5.74) is 6.25. The van der Waals surface area contributed by atoms with Crippen LogP contribution in [-0.4, -0.2) is 41.9 Å². The second-order valence-electron chi connectivity index (χ2n) is 8.78. The summed E-state index contributed by atoms with van der Waals surface area (Å²) in [6.07, 6.45) is 6.94. The molecule has 1 aliphatic rings. The summed E-state index contributed by atoms with van der Waals surface area (Å²) < 4.78 is 0. The van der Waals surface area contributed by atoms with Gasteiger partial charge in [0.25, 0.3) is 0 Å². The summed E-state index contributed by atoms with van der Waals surface area (Å²) in [6.45, 7) is 2.05. The van der Waals surface area contributed by atoms with Gasteiger partial charge in [0.1, 0.15) is 5.78 Å². The summed E-state index contributed by atoms with van der Waals surface area (Å²) in [7, 11) is 2.12. The van der Waals surface area contributed by atoms with Gasteiger partial charge in [0.2, 0.25) is 5.91 Å². The lowest BCUT2D eigenvalue weighted by Crippen LogP contribution is -2.34. The standard InChI is InChI=1S/C26H34N2O3/c1-28-15-13-24(14-16-28)25(29)18-23-8-4-7-21(17-23)6-3-2-5-20-9-11-22(12-10-20)19-26(30)27-31/h4,7-12,17,24,31H,2-3,5-6,13-16,18-19H2,1H3,(H,27,30). The lowest BCUT2D eigenvalue weighted by Gasteiger charge is -2.28. The number of unbranched alkanes of at least 4 members (excludes halogenated alkanes) is 1. The summed E-state index contributed by atoms with van der Waals surface area (Å²) >= 11 is 0. The van der Waals surface area contributed by atoms with E-state index in [4.69, 9.17) is 5.21 Å². The zero-order chi connectivity index (χ0) is 22.1. The van der Waals surface area contributed by atoms with E-state index in [0.717, 1.165) is 62.7 Å². The number of aryl methyl sites for hydroxylation is 2. The molecule has 0 spiro atoms. The van der Waals surface area contributed by atoms with Gasteiger partial charge in [-0.05, 0) is 80.9 Å². The minimum absolute atomic E-state index is 0.188. The molecule has 5 nitrogen and oxygen atoms in total. The first-order valence-corrected chi connectivity index (χ1v) is 11.3. The summed E-state index contributed by atoms with van der Waals surface area (Å²) in [6, 6.07) is 16.5. The number of ketones is 1. The highest BCUT2D eigenvalue weighted by atomic mass is 16.5. The molecule has 0 bridgehead atoms. The fourth-order valence-corrected chi connectivity index (χ4v) is 4.28. The van der Waals surface area contributed by atoms with Crippen molar-refractivity contribution >= 4 is 11.7 Å². The van der Waals surface area contributed by atoms with E-state index in [2.05, 4.69) is 48.3 Å². The molecule has 1 aliphatic heterocycles. The second-order valence-corrected chi connectivity index (χ2v) is 8.78. The van der Waals surface area contributed by atoms with Crippen LogP contribution in [0.15, 0.2) is 48.5 Å². The van der Waals surface area contributed by atoms with Gasteiger partial charge in [0.15, 0.2) is 0 Å². The number of Topliss-reactive ketones (excluding diaryl/α,β-unsaturated/α-hetero) is 1. The number of likely N-dealkylation sites (tertiary alicyclic amines) is 1. The maximum Gasteiger partial charge on any atom is 0.247 e. The van der Waals surface area contributed by atoms with Crippen molar-refractivity contribution < 1.29 is 14.8 Å². The van der Waals surface area contributed by atoms with Gasteiger partial charge in [0, 0.05) is 12.3 Å². The number of hydrogen-bond acceptors (Lipinski definition) is 4. The van der Waals surface area contributed by atoms with E-state index in [-0.39, 0.29) is 12.3 Å². The number of benzene rings is 2. The Kier molecular flexibility index (Phi) is 8.80. The minimum atomic E-state index is -0.400. The van der Waals surface area contributed by atoms with Gasteiger partial charge < -0.3 is 4.90 Å². The molecule has 0 radical (unpaired) electrons. The molecule has 0 unspecified atom stereocenters. The van der Waals surface area contributed by atoms with Gasteiger partial charge in [0.05, 0.1) is 6.42 Å². The molecule has 0 aromatic heterocycles. The van der Waals surface area contributed by atoms with Crippen molar-refractivity contribution in [2.24, 2.45) is 5.92 Å². The second kappa shape index (κ2) is 11.8. The van der Waals surface area contributed by atoms with Gasteiger partial charge in [-0.15, -0.1) is 0 Å². The Labute approximate surface area is 185 Å². The van der Waals surface area contributed by atoms with Crippen molar-refractivity contribution in [3.05, 3.63) is 70.8 Å². The third-order valence-corrected chi connectivity index (χ3v) is 6.24. The normalized spacial score (nSPS) is 15.0. The van der Waals surface area contributed by atoms with E-state index in [9.17, 15) is 9.59 Å². The van der Waals surface area contributed by atoms with Crippen molar-refractivity contribution in [2.75, 3.05) is 20.1 Å². The van der Waals surface area contributed by atoms with Crippen molar-refractivity contribution in [1.82, 2.24) is 10.4 Å². The minimum Gasteiger partial charge on any atom is -0.306 e. The number of carbonyl (C=O) groups excluding carboxylic acids is 2. The van der Waals surface area contributed by atoms with Crippen LogP contribution in [-0.2, 0) is 35.3 Å². The molecule has 1 fully saturated rings. The van der Waals surface area contributed by atoms with Crippen LogP contribution in [0.25, 0.3) is 0 Å². The molecule has 31 heavy (non-hydrogen) atoms. The van der Waals surface area contributed by atoms with Gasteiger partial charge in [-0.3, -0.25) is 14.8 Å². The fourth-order valence-electron chi connectivity index (χ4n) is 4.28. The lowest BCUT2D eigenvalue weighted by atomic mass is 9.89. The molecule has 166 valence electrons. The number of hydroxylamine groups is 1. The highest BCUT2D eigenvalue weighted by Crippen LogP contribution is 2.20. The zero-order valence-electron chi connectivity index (χ0n) is 18.5. The fraction of sp³-hybridized carbons (Fsp3) is 0.462. The lowest BCUT2D eigenvalue weighted by molar-refractivity contribution is -0.128. The molecule has 1 amide bonds. The van der Waals surface area contributed by atoms with Gasteiger partial charge in [-0.25, -0.2) is 5.48 Å². The van der Waals surface area contributed by atoms with Gasteiger partial charge in [-0.2, -0.15) is 0 Å². The number of rotatable bonds is 10. The molecule has 0 aliphatic carbocycles. The number of carbonyl (C=O) groups is 2. The molecule has 1 heterocycles. The third-order valence-electron chi connectivity index (χ3n) is 6.24. The van der Waals surface area contributed by atoms with Crippen molar-refractivity contribution in [2.45, 2.75) is 51.4 Å². The maximum absolute atomic E-state index is 12.6. The predicted octanol–water partition coefficient (Wildman–Crippen LogP) is 3.75. The Balaban J connectivity index is 1.41. The van der Waals surface area contributed by atoms with E-state index in [1.54, 1.807) is 5.48 Å². The molecule has 0 atom stereocenters. The number of hydrogen-bond donors (Lipinski definition) is 2. The SMILES string of the molecule is CN1CCC(C(=O)Cc2cccc(CCCCc3ccc(CC(=O)NO)cc3)c2)CC1. The molecule has 2 aromatic rings. The maximum atomic E-state index is 12.6. The number of amides is 1. The zero-order valence-corrected chi connectivity index (χ0v) is 18.5. The Morgan fingerprint density at radius 3 is 2.19 bits per heavy atom. The van der Waals surface area contributed by atoms with E-state index in [0.29, 0.717) is 12.2 Å². The van der Waals surface area contributed by atoms with Crippen LogP contribution in [0.1, 0.15) is 47.9 Å². The van der Waals surface area contributed by atoms with E-state index >= 15 is 0 Å². The first kappa shape index (κ1) is 23.2. The van der Waals surface area contributed by atoms with Crippen LogP contribution in [0.4, 0.5) is 0 Å². The largest absolute Gasteiger partial charge is 0.306 e. The van der Waals surface area contributed by atoms with Gasteiger partial charge >= 0.3 is 0 Å². The predicted molar refractivity (Wildman–Crippen MR) is 122 cm³/mol. The molecule has 5 heteroatoms. The van der Waals surface area contributed by atoms with Crippen molar-refractivity contribution in [1.29, 1.82) is 0 Å². The Hall–Kier alpha value is -2.50. The number of nitrogens with zero attached hydrogens (tertiary/aromatic N) is 1. The van der Waals surface area contributed by atoms with Crippen molar-refractivity contribution in [3.8, 4) is 0 Å². The highest BCUT2D eigenvalue weighted by Gasteiger charge is 2.23. The topological polar surface area (TPSA) is 69.6 Å². The average Bonchev–Trinajstić information content (AvgIpc) is 2.78. The smallest absolute Gasteiger partial charge is 0.247 e. The van der Waals surface area contributed by atoms with Crippen LogP contribution >= 0.6 is 0 Å². The van der Waals surface area contributed by atoms with Crippen LogP contribution < -0.4 is 5.48 Å². The first-order chi connectivity index (χ1) is 15.0. The summed E-state index contributed by atoms with van der Waals surface area (Å²) in [4.78, 5) is 26.2. The molecule has 3 rings (SSSR count). The van der Waals surface area contributed by atoms with E-state index < -0.39 is 5.91 Å². The first-order valence-electron chi connectivity index (χ1n) is 11.3. The van der Waals surface area contributed by atoms with Crippen LogP contribution in [0.5, 0.6) is 0 Å². The molecular formula is C26H34N2O3. The molecule has 2 aromatic carbocycles. The molecule has 1 saturated heterocycles. The number of piperidine rings is 1. The molecule has 0 saturated carbocycles. The highest BCUT2D eigenvalue weighted by molar-refractivity contribution is 5.83. The van der Waals surface area contributed by atoms with Gasteiger partial charge in [-0.1, -0.05) is 48.5 Å².